The Morgan fingerprint density at radius 2 is 1.93 bits per heavy atom. The van der Waals surface area contributed by atoms with Crippen molar-refractivity contribution in [2.24, 2.45) is 4.99 Å². The Bertz CT molecular complexity index is 1030. The van der Waals surface area contributed by atoms with Crippen LogP contribution in [0.25, 0.3) is 10.2 Å². The number of methoxy groups -OCH3 is 1. The predicted octanol–water partition coefficient (Wildman–Crippen LogP) is 5.80. The maximum atomic E-state index is 12.4. The van der Waals surface area contributed by atoms with Gasteiger partial charge in [0.15, 0.2) is 4.80 Å². The normalized spacial score (nSPS) is 12.0. The van der Waals surface area contributed by atoms with Crippen LogP contribution in [0.15, 0.2) is 47.5 Å². The summed E-state index contributed by atoms with van der Waals surface area (Å²) in [4.78, 5) is 17.4. The lowest BCUT2D eigenvalue weighted by Gasteiger charge is -2.06. The van der Waals surface area contributed by atoms with Gasteiger partial charge in [-0.1, -0.05) is 64.9 Å². The van der Waals surface area contributed by atoms with Crippen molar-refractivity contribution in [3.8, 4) is 0 Å². The minimum absolute atomic E-state index is 0.129. The first-order valence-corrected chi connectivity index (χ1v) is 12.0. The summed E-state index contributed by atoms with van der Waals surface area (Å²) in [6, 6.07) is 13.9. The van der Waals surface area contributed by atoms with E-state index in [1.54, 1.807) is 19.2 Å². The zero-order valence-electron chi connectivity index (χ0n) is 16.1. The molecule has 8 heteroatoms. The fourth-order valence-electron chi connectivity index (χ4n) is 2.84. The van der Waals surface area contributed by atoms with Crippen LogP contribution in [0.4, 0.5) is 0 Å². The first-order valence-electron chi connectivity index (χ1n) is 9.25. The van der Waals surface area contributed by atoms with E-state index in [-0.39, 0.29) is 5.91 Å². The number of benzene rings is 2. The van der Waals surface area contributed by atoms with Crippen molar-refractivity contribution >= 4 is 62.4 Å². The molecule has 0 bridgehead atoms. The van der Waals surface area contributed by atoms with Crippen LogP contribution < -0.4 is 4.80 Å². The molecule has 0 radical (unpaired) electrons. The highest BCUT2D eigenvalue weighted by Gasteiger charge is 2.13. The first-order chi connectivity index (χ1) is 14.1. The molecule has 0 saturated heterocycles. The fourth-order valence-corrected chi connectivity index (χ4v) is 5.45. The number of hydrogen-bond donors (Lipinski definition) is 0. The number of hydrogen-bond acceptors (Lipinski definition) is 4. The van der Waals surface area contributed by atoms with Crippen molar-refractivity contribution in [2.75, 3.05) is 19.5 Å². The molecule has 0 N–H and O–H groups in total. The van der Waals surface area contributed by atoms with E-state index in [0.29, 0.717) is 34.4 Å². The zero-order valence-corrected chi connectivity index (χ0v) is 19.2. The average molecular weight is 469 g/mol. The van der Waals surface area contributed by atoms with Crippen molar-refractivity contribution < 1.29 is 9.53 Å². The number of carbonyl (C=O) groups excluding carboxylic acids is 1. The number of halogens is 2. The topological polar surface area (TPSA) is 43.6 Å². The van der Waals surface area contributed by atoms with Crippen LogP contribution in [0.1, 0.15) is 18.4 Å². The van der Waals surface area contributed by atoms with Crippen molar-refractivity contribution in [1.82, 2.24) is 4.57 Å². The predicted molar refractivity (Wildman–Crippen MR) is 124 cm³/mol. The Labute approximate surface area is 188 Å². The highest BCUT2D eigenvalue weighted by molar-refractivity contribution is 7.98. The highest BCUT2D eigenvalue weighted by atomic mass is 35.5. The first kappa shape index (κ1) is 22.4. The number of carbonyl (C=O) groups is 1. The summed E-state index contributed by atoms with van der Waals surface area (Å²) in [7, 11) is 1.64. The molecule has 3 rings (SSSR count). The van der Waals surface area contributed by atoms with Crippen LogP contribution in [0.2, 0.25) is 10.0 Å². The van der Waals surface area contributed by atoms with Crippen LogP contribution >= 0.6 is 46.3 Å². The lowest BCUT2D eigenvalue weighted by atomic mass is 10.2. The number of thioether (sulfide) groups is 1. The van der Waals surface area contributed by atoms with E-state index in [4.69, 9.17) is 27.9 Å². The van der Waals surface area contributed by atoms with Crippen LogP contribution in [-0.4, -0.2) is 29.9 Å². The van der Waals surface area contributed by atoms with Gasteiger partial charge in [-0.2, -0.15) is 16.8 Å². The third-order valence-corrected chi connectivity index (χ3v) is 7.22. The molecule has 1 aromatic heterocycles. The molecule has 2 aromatic carbocycles. The lowest BCUT2D eigenvalue weighted by Crippen LogP contribution is -2.19. The average Bonchev–Trinajstić information content (AvgIpc) is 3.09. The Morgan fingerprint density at radius 3 is 2.69 bits per heavy atom. The second kappa shape index (κ2) is 11.2. The maximum Gasteiger partial charge on any atom is 0.248 e. The molecule has 154 valence electrons. The van der Waals surface area contributed by atoms with E-state index >= 15 is 0 Å². The molecule has 29 heavy (non-hydrogen) atoms. The van der Waals surface area contributed by atoms with Gasteiger partial charge in [0.05, 0.1) is 26.9 Å². The Balaban J connectivity index is 1.67. The molecule has 0 aliphatic carbocycles. The molecule has 0 spiro atoms. The molecule has 1 amide bonds. The van der Waals surface area contributed by atoms with E-state index in [9.17, 15) is 4.79 Å². The minimum atomic E-state index is -0.129. The molecule has 0 unspecified atom stereocenters. The van der Waals surface area contributed by atoms with Crippen molar-refractivity contribution in [3.05, 3.63) is 62.9 Å². The van der Waals surface area contributed by atoms with Gasteiger partial charge in [0, 0.05) is 25.8 Å². The zero-order chi connectivity index (χ0) is 20.6. The number of thiazole rings is 1. The smallest absolute Gasteiger partial charge is 0.248 e. The van der Waals surface area contributed by atoms with Gasteiger partial charge in [-0.15, -0.1) is 0 Å². The summed E-state index contributed by atoms with van der Waals surface area (Å²) < 4.78 is 7.95. The number of amides is 1. The second-order valence-corrected chi connectivity index (χ2v) is 9.28. The summed E-state index contributed by atoms with van der Waals surface area (Å²) in [6.45, 7) is 1.04. The number of ether oxygens (including phenoxy) is 1. The van der Waals surface area contributed by atoms with Crippen LogP contribution in [0.5, 0.6) is 0 Å². The standard InChI is InChI=1S/C21H22Cl2N2O2S2/c1-27-12-11-25-19-16(22)9-10-17(23)20(19)29-21(25)24-18(26)8-5-13-28-14-15-6-3-2-4-7-15/h2-4,6-7,9-10H,5,8,11-14H2,1H3. The quantitative estimate of drug-likeness (QED) is 0.372. The molecule has 1 heterocycles. The molecule has 0 aliphatic rings. The largest absolute Gasteiger partial charge is 0.383 e. The highest BCUT2D eigenvalue weighted by Crippen LogP contribution is 2.31. The number of rotatable bonds is 9. The van der Waals surface area contributed by atoms with Crippen molar-refractivity contribution in [2.45, 2.75) is 25.1 Å². The van der Waals surface area contributed by atoms with E-state index in [1.807, 2.05) is 34.5 Å². The van der Waals surface area contributed by atoms with Crippen molar-refractivity contribution in [1.29, 1.82) is 0 Å². The number of nitrogens with zero attached hydrogens (tertiary/aromatic N) is 2. The van der Waals surface area contributed by atoms with Crippen LogP contribution in [0.3, 0.4) is 0 Å². The molecule has 0 fully saturated rings. The van der Waals surface area contributed by atoms with Gasteiger partial charge in [0.1, 0.15) is 0 Å². The van der Waals surface area contributed by atoms with Gasteiger partial charge in [-0.3, -0.25) is 4.79 Å². The molecule has 3 aromatic rings. The number of fused-ring (bicyclic) bond motifs is 1. The monoisotopic (exact) mass is 468 g/mol. The summed E-state index contributed by atoms with van der Waals surface area (Å²) in [5.74, 6) is 1.75. The van der Waals surface area contributed by atoms with Gasteiger partial charge in [-0.25, -0.2) is 0 Å². The lowest BCUT2D eigenvalue weighted by molar-refractivity contribution is -0.118. The van der Waals surface area contributed by atoms with Gasteiger partial charge >= 0.3 is 0 Å². The summed E-state index contributed by atoms with van der Waals surface area (Å²) in [5.41, 5.74) is 2.10. The molecule has 0 saturated carbocycles. The SMILES string of the molecule is COCCn1c(=NC(=O)CCCSCc2ccccc2)sc2c(Cl)ccc(Cl)c21. The Hall–Kier alpha value is -1.31. The van der Waals surface area contributed by atoms with Gasteiger partial charge in [0.25, 0.3) is 0 Å². The summed E-state index contributed by atoms with van der Waals surface area (Å²) in [5, 5.41) is 1.19. The summed E-state index contributed by atoms with van der Waals surface area (Å²) in [6.07, 6.45) is 1.21. The third kappa shape index (κ3) is 6.09. The van der Waals surface area contributed by atoms with Crippen LogP contribution in [-0.2, 0) is 21.8 Å². The van der Waals surface area contributed by atoms with E-state index in [2.05, 4.69) is 17.1 Å². The Morgan fingerprint density at radius 1 is 1.17 bits per heavy atom. The van der Waals surface area contributed by atoms with E-state index in [1.165, 1.54) is 16.9 Å². The molecular weight excluding hydrogens is 447 g/mol. The van der Waals surface area contributed by atoms with Crippen molar-refractivity contribution in [3.63, 3.8) is 0 Å². The number of aromatic nitrogens is 1. The molecular formula is C21H22Cl2N2O2S2. The van der Waals surface area contributed by atoms with Gasteiger partial charge in [-0.05, 0) is 29.9 Å². The van der Waals surface area contributed by atoms with Gasteiger partial charge < -0.3 is 9.30 Å². The maximum absolute atomic E-state index is 12.4. The fraction of sp³-hybridized carbons (Fsp3) is 0.333. The second-order valence-electron chi connectivity index (χ2n) is 6.38. The van der Waals surface area contributed by atoms with Crippen LogP contribution in [0, 0.1) is 0 Å². The third-order valence-electron chi connectivity index (χ3n) is 4.26. The minimum Gasteiger partial charge on any atom is -0.383 e. The summed E-state index contributed by atoms with van der Waals surface area (Å²) >= 11 is 15.9. The molecule has 4 nitrogen and oxygen atoms in total. The molecule has 0 atom stereocenters. The van der Waals surface area contributed by atoms with E-state index in [0.717, 1.165) is 28.1 Å². The Kier molecular flexibility index (Phi) is 8.63. The van der Waals surface area contributed by atoms with E-state index < -0.39 is 0 Å². The van der Waals surface area contributed by atoms with Gasteiger partial charge in [0.2, 0.25) is 5.91 Å². The molecule has 0 aliphatic heterocycles.